The van der Waals surface area contributed by atoms with E-state index in [0.717, 1.165) is 19.5 Å². The molecule has 2 rings (SSSR count). The topological polar surface area (TPSA) is 59.0 Å². The number of carbonyl (C=O) groups excluding carboxylic acids is 1. The lowest BCUT2D eigenvalue weighted by atomic mass is 10.1. The van der Waals surface area contributed by atoms with Crippen LogP contribution in [-0.4, -0.2) is 34.6 Å². The average molecular weight is 222 g/mol. The van der Waals surface area contributed by atoms with E-state index >= 15 is 0 Å². The molecule has 2 N–H and O–H groups in total. The van der Waals surface area contributed by atoms with E-state index in [9.17, 15) is 4.79 Å². The number of hydrogen-bond donors (Lipinski definition) is 2. The van der Waals surface area contributed by atoms with Crippen LogP contribution in [0.3, 0.4) is 0 Å². The monoisotopic (exact) mass is 222 g/mol. The number of carbonyl (C=O) groups is 1. The Hall–Kier alpha value is -1.36. The van der Waals surface area contributed by atoms with Gasteiger partial charge >= 0.3 is 0 Å². The van der Waals surface area contributed by atoms with E-state index in [1.165, 1.54) is 12.8 Å². The molecule has 1 aromatic rings. The molecule has 1 amide bonds. The Morgan fingerprint density at radius 3 is 3.25 bits per heavy atom. The number of rotatable bonds is 2. The van der Waals surface area contributed by atoms with Gasteiger partial charge in [-0.1, -0.05) is 6.42 Å². The first kappa shape index (κ1) is 11.1. The maximum atomic E-state index is 11.9. The lowest BCUT2D eigenvalue weighted by Gasteiger charge is -2.16. The molecule has 5 nitrogen and oxygen atoms in total. The van der Waals surface area contributed by atoms with Crippen molar-refractivity contribution < 1.29 is 4.79 Å². The van der Waals surface area contributed by atoms with Crippen molar-refractivity contribution in [2.45, 2.75) is 25.3 Å². The van der Waals surface area contributed by atoms with E-state index in [4.69, 9.17) is 0 Å². The van der Waals surface area contributed by atoms with Gasteiger partial charge in [0, 0.05) is 19.6 Å². The van der Waals surface area contributed by atoms with Crippen LogP contribution < -0.4 is 10.6 Å². The van der Waals surface area contributed by atoms with Crippen LogP contribution in [0.1, 0.15) is 29.8 Å². The molecule has 2 heterocycles. The highest BCUT2D eigenvalue weighted by atomic mass is 16.2. The third kappa shape index (κ3) is 2.61. The second-order valence-electron chi connectivity index (χ2n) is 4.26. The second kappa shape index (κ2) is 5.12. The molecule has 0 saturated carbocycles. The molecule has 0 spiro atoms. The van der Waals surface area contributed by atoms with Gasteiger partial charge in [-0.3, -0.25) is 4.79 Å². The molecule has 0 radical (unpaired) electrons. The van der Waals surface area contributed by atoms with Crippen molar-refractivity contribution in [3.8, 4) is 0 Å². The predicted molar refractivity (Wildman–Crippen MR) is 61.2 cm³/mol. The summed E-state index contributed by atoms with van der Waals surface area (Å²) in [6.45, 7) is 1.92. The summed E-state index contributed by atoms with van der Waals surface area (Å²) in [6.07, 6.45) is 6.65. The molecule has 0 aromatic carbocycles. The van der Waals surface area contributed by atoms with Crippen LogP contribution in [-0.2, 0) is 7.05 Å². The average Bonchev–Trinajstić information content (AvgIpc) is 2.53. The molecule has 1 atom stereocenters. The number of nitrogens with zero attached hydrogens (tertiary/aromatic N) is 2. The van der Waals surface area contributed by atoms with Gasteiger partial charge in [-0.2, -0.15) is 0 Å². The lowest BCUT2D eigenvalue weighted by Crippen LogP contribution is -2.41. The maximum Gasteiger partial charge on any atom is 0.269 e. The fourth-order valence-electron chi connectivity index (χ4n) is 1.98. The first-order valence-electron chi connectivity index (χ1n) is 5.75. The van der Waals surface area contributed by atoms with Crippen molar-refractivity contribution >= 4 is 5.91 Å². The summed E-state index contributed by atoms with van der Waals surface area (Å²) in [7, 11) is 1.83. The van der Waals surface area contributed by atoms with Gasteiger partial charge in [-0.25, -0.2) is 4.98 Å². The van der Waals surface area contributed by atoms with Crippen LogP contribution in [0.2, 0.25) is 0 Å². The molecule has 1 unspecified atom stereocenters. The summed E-state index contributed by atoms with van der Waals surface area (Å²) < 4.78 is 1.74. The zero-order chi connectivity index (χ0) is 11.4. The third-order valence-electron chi connectivity index (χ3n) is 2.93. The van der Waals surface area contributed by atoms with Gasteiger partial charge in [0.05, 0.1) is 12.5 Å². The number of hydrogen-bond acceptors (Lipinski definition) is 3. The van der Waals surface area contributed by atoms with E-state index in [1.54, 1.807) is 17.1 Å². The summed E-state index contributed by atoms with van der Waals surface area (Å²) in [5, 5.41) is 6.37. The third-order valence-corrected chi connectivity index (χ3v) is 2.93. The SMILES string of the molecule is Cn1cncc1C(=O)NC1CCCCNC1. The van der Waals surface area contributed by atoms with Crippen molar-refractivity contribution in [3.63, 3.8) is 0 Å². The van der Waals surface area contributed by atoms with Gasteiger partial charge in [0.25, 0.3) is 5.91 Å². The molecule has 1 aromatic heterocycles. The molecule has 5 heteroatoms. The van der Waals surface area contributed by atoms with Gasteiger partial charge in [0.2, 0.25) is 0 Å². The molecule has 0 bridgehead atoms. The highest BCUT2D eigenvalue weighted by Crippen LogP contribution is 2.05. The Bertz CT molecular complexity index is 353. The minimum absolute atomic E-state index is 0.0336. The summed E-state index contributed by atoms with van der Waals surface area (Å²) >= 11 is 0. The summed E-state index contributed by atoms with van der Waals surface area (Å²) in [5.74, 6) is -0.0336. The molecule has 16 heavy (non-hydrogen) atoms. The Balaban J connectivity index is 1.93. The zero-order valence-corrected chi connectivity index (χ0v) is 9.57. The fraction of sp³-hybridized carbons (Fsp3) is 0.636. The van der Waals surface area contributed by atoms with E-state index in [2.05, 4.69) is 15.6 Å². The minimum Gasteiger partial charge on any atom is -0.347 e. The molecule has 1 saturated heterocycles. The van der Waals surface area contributed by atoms with Crippen LogP contribution in [0.25, 0.3) is 0 Å². The van der Waals surface area contributed by atoms with Gasteiger partial charge in [-0.15, -0.1) is 0 Å². The lowest BCUT2D eigenvalue weighted by molar-refractivity contribution is 0.0927. The van der Waals surface area contributed by atoms with Gasteiger partial charge in [-0.05, 0) is 19.4 Å². The molecule has 1 aliphatic heterocycles. The van der Waals surface area contributed by atoms with Crippen molar-refractivity contribution in [1.29, 1.82) is 0 Å². The van der Waals surface area contributed by atoms with E-state index in [1.807, 2.05) is 7.05 Å². The van der Waals surface area contributed by atoms with Crippen molar-refractivity contribution in [2.75, 3.05) is 13.1 Å². The summed E-state index contributed by atoms with van der Waals surface area (Å²) in [6, 6.07) is 0.241. The van der Waals surface area contributed by atoms with Gasteiger partial charge < -0.3 is 15.2 Å². The standard InChI is InChI=1S/C11H18N4O/c1-15-8-13-7-10(15)11(16)14-9-4-2-3-5-12-6-9/h7-9,12H,2-6H2,1H3,(H,14,16). The van der Waals surface area contributed by atoms with Crippen LogP contribution in [0, 0.1) is 0 Å². The smallest absolute Gasteiger partial charge is 0.269 e. The van der Waals surface area contributed by atoms with Crippen molar-refractivity contribution in [3.05, 3.63) is 18.2 Å². The summed E-state index contributed by atoms with van der Waals surface area (Å²) in [4.78, 5) is 15.8. The van der Waals surface area contributed by atoms with Crippen LogP contribution >= 0.6 is 0 Å². The number of imidazole rings is 1. The molecular weight excluding hydrogens is 204 g/mol. The molecular formula is C11H18N4O. The number of aromatic nitrogens is 2. The Morgan fingerprint density at radius 2 is 2.50 bits per heavy atom. The van der Waals surface area contributed by atoms with Crippen LogP contribution in [0.15, 0.2) is 12.5 Å². The highest BCUT2D eigenvalue weighted by Gasteiger charge is 2.16. The van der Waals surface area contributed by atoms with Crippen molar-refractivity contribution in [1.82, 2.24) is 20.2 Å². The summed E-state index contributed by atoms with van der Waals surface area (Å²) in [5.41, 5.74) is 0.615. The second-order valence-corrected chi connectivity index (χ2v) is 4.26. The number of aryl methyl sites for hydroxylation is 1. The minimum atomic E-state index is -0.0336. The maximum absolute atomic E-state index is 11.9. The molecule has 88 valence electrons. The predicted octanol–water partition coefficient (Wildman–Crippen LogP) is 0.292. The van der Waals surface area contributed by atoms with E-state index in [-0.39, 0.29) is 11.9 Å². The first-order valence-corrected chi connectivity index (χ1v) is 5.75. The van der Waals surface area contributed by atoms with Gasteiger partial charge in [0.15, 0.2) is 0 Å². The van der Waals surface area contributed by atoms with E-state index < -0.39 is 0 Å². The first-order chi connectivity index (χ1) is 7.77. The molecule has 1 aliphatic rings. The highest BCUT2D eigenvalue weighted by molar-refractivity contribution is 5.92. The largest absolute Gasteiger partial charge is 0.347 e. The Labute approximate surface area is 95.2 Å². The van der Waals surface area contributed by atoms with Crippen LogP contribution in [0.4, 0.5) is 0 Å². The Kier molecular flexibility index (Phi) is 3.56. The van der Waals surface area contributed by atoms with E-state index in [0.29, 0.717) is 5.69 Å². The van der Waals surface area contributed by atoms with Crippen molar-refractivity contribution in [2.24, 2.45) is 7.05 Å². The number of nitrogens with one attached hydrogen (secondary N) is 2. The fourth-order valence-corrected chi connectivity index (χ4v) is 1.98. The number of amides is 1. The molecule has 1 fully saturated rings. The normalized spacial score (nSPS) is 21.4. The quantitative estimate of drug-likeness (QED) is 0.756. The van der Waals surface area contributed by atoms with Gasteiger partial charge in [0.1, 0.15) is 5.69 Å². The van der Waals surface area contributed by atoms with Crippen LogP contribution in [0.5, 0.6) is 0 Å². The molecule has 0 aliphatic carbocycles. The zero-order valence-electron chi connectivity index (χ0n) is 9.57. The Morgan fingerprint density at radius 1 is 1.62 bits per heavy atom.